The van der Waals surface area contributed by atoms with Crippen molar-refractivity contribution in [3.05, 3.63) is 0 Å². The minimum atomic E-state index is -0.724. The summed E-state index contributed by atoms with van der Waals surface area (Å²) in [7, 11) is 0. The minimum Gasteiger partial charge on any atom is -0.465 e. The summed E-state index contributed by atoms with van der Waals surface area (Å²) < 4.78 is 0. The van der Waals surface area contributed by atoms with Gasteiger partial charge in [-0.1, -0.05) is 6.42 Å². The molecule has 0 radical (unpaired) electrons. The van der Waals surface area contributed by atoms with Crippen LogP contribution in [0.3, 0.4) is 0 Å². The monoisotopic (exact) mass is 181 g/mol. The lowest BCUT2D eigenvalue weighted by atomic mass is 9.75. The molecule has 2 saturated carbocycles. The summed E-state index contributed by atoms with van der Waals surface area (Å²) in [5.74, 6) is 0. The van der Waals surface area contributed by atoms with E-state index in [4.69, 9.17) is 5.11 Å². The van der Waals surface area contributed by atoms with E-state index in [1.165, 1.54) is 25.7 Å². The van der Waals surface area contributed by atoms with Crippen molar-refractivity contribution in [2.45, 2.75) is 32.1 Å². The van der Waals surface area contributed by atoms with E-state index in [1.54, 1.807) is 4.90 Å². The molecule has 1 saturated heterocycles. The molecule has 3 fully saturated rings. The lowest BCUT2D eigenvalue weighted by molar-refractivity contribution is 0.147. The van der Waals surface area contributed by atoms with Gasteiger partial charge >= 0.3 is 6.09 Å². The normalized spacial score (nSPS) is 39.5. The van der Waals surface area contributed by atoms with Gasteiger partial charge < -0.3 is 10.0 Å². The molecule has 1 N–H and O–H groups in total. The van der Waals surface area contributed by atoms with E-state index >= 15 is 0 Å². The van der Waals surface area contributed by atoms with Crippen molar-refractivity contribution in [3.8, 4) is 0 Å². The zero-order chi connectivity index (χ0) is 9.10. The second-order valence-electron chi connectivity index (χ2n) is 5.05. The highest BCUT2D eigenvalue weighted by molar-refractivity contribution is 5.65. The summed E-state index contributed by atoms with van der Waals surface area (Å²) in [5.41, 5.74) is 1.04. The van der Waals surface area contributed by atoms with Gasteiger partial charge in [-0.05, 0) is 36.5 Å². The maximum absolute atomic E-state index is 10.8. The maximum atomic E-state index is 10.8. The molecule has 0 aromatic heterocycles. The summed E-state index contributed by atoms with van der Waals surface area (Å²) in [6.45, 7) is 1.60. The van der Waals surface area contributed by atoms with Crippen LogP contribution in [0.4, 0.5) is 4.79 Å². The summed E-state index contributed by atoms with van der Waals surface area (Å²) >= 11 is 0. The number of hydrogen-bond acceptors (Lipinski definition) is 1. The first kappa shape index (κ1) is 7.65. The number of nitrogens with zero attached hydrogens (tertiary/aromatic N) is 1. The lowest BCUT2D eigenvalue weighted by Gasteiger charge is -2.30. The molecule has 0 aromatic carbocycles. The summed E-state index contributed by atoms with van der Waals surface area (Å²) in [6.07, 6.45) is 5.80. The molecule has 1 amide bonds. The minimum absolute atomic E-state index is 0.434. The Hall–Kier alpha value is -0.730. The molecular formula is C10H15NO2. The SMILES string of the molecule is O=C(O)N1CCC2(C1)CC21CCC1. The van der Waals surface area contributed by atoms with Crippen molar-refractivity contribution < 1.29 is 9.90 Å². The van der Waals surface area contributed by atoms with Crippen LogP contribution in [-0.2, 0) is 0 Å². The molecule has 72 valence electrons. The van der Waals surface area contributed by atoms with Gasteiger partial charge in [0.25, 0.3) is 0 Å². The van der Waals surface area contributed by atoms with E-state index in [0.29, 0.717) is 10.8 Å². The zero-order valence-electron chi connectivity index (χ0n) is 7.75. The first-order chi connectivity index (χ1) is 6.18. The Labute approximate surface area is 77.7 Å². The van der Waals surface area contributed by atoms with Crippen molar-refractivity contribution in [1.29, 1.82) is 0 Å². The van der Waals surface area contributed by atoms with E-state index in [1.807, 2.05) is 0 Å². The van der Waals surface area contributed by atoms with Crippen LogP contribution >= 0.6 is 0 Å². The fraction of sp³-hybridized carbons (Fsp3) is 0.900. The molecule has 1 aliphatic heterocycles. The molecule has 13 heavy (non-hydrogen) atoms. The number of amides is 1. The van der Waals surface area contributed by atoms with Crippen LogP contribution in [0.15, 0.2) is 0 Å². The molecule has 1 unspecified atom stereocenters. The van der Waals surface area contributed by atoms with Gasteiger partial charge in [0, 0.05) is 13.1 Å². The summed E-state index contributed by atoms with van der Waals surface area (Å²) in [5, 5.41) is 8.86. The van der Waals surface area contributed by atoms with Crippen LogP contribution in [0.5, 0.6) is 0 Å². The number of fused-ring (bicyclic) bond motifs is 1. The van der Waals surface area contributed by atoms with E-state index in [2.05, 4.69) is 0 Å². The van der Waals surface area contributed by atoms with Gasteiger partial charge in [-0.15, -0.1) is 0 Å². The van der Waals surface area contributed by atoms with Gasteiger partial charge in [0.15, 0.2) is 0 Å². The van der Waals surface area contributed by atoms with Crippen molar-refractivity contribution >= 4 is 6.09 Å². The molecule has 0 bridgehead atoms. The summed E-state index contributed by atoms with van der Waals surface area (Å²) in [6, 6.07) is 0. The first-order valence-corrected chi connectivity index (χ1v) is 5.16. The Morgan fingerprint density at radius 3 is 2.38 bits per heavy atom. The molecule has 1 heterocycles. The highest BCUT2D eigenvalue weighted by Crippen LogP contribution is 2.76. The van der Waals surface area contributed by atoms with Crippen LogP contribution in [0.25, 0.3) is 0 Å². The Kier molecular flexibility index (Phi) is 1.19. The Bertz CT molecular complexity index is 272. The number of carbonyl (C=O) groups is 1. The first-order valence-electron chi connectivity index (χ1n) is 5.16. The van der Waals surface area contributed by atoms with Gasteiger partial charge in [0.2, 0.25) is 0 Å². The van der Waals surface area contributed by atoms with Crippen LogP contribution in [0, 0.1) is 10.8 Å². The van der Waals surface area contributed by atoms with Gasteiger partial charge in [-0.2, -0.15) is 0 Å². The smallest absolute Gasteiger partial charge is 0.407 e. The summed E-state index contributed by atoms with van der Waals surface area (Å²) in [4.78, 5) is 12.4. The molecule has 3 aliphatic rings. The van der Waals surface area contributed by atoms with Gasteiger partial charge in [0.05, 0.1) is 0 Å². The predicted molar refractivity (Wildman–Crippen MR) is 47.5 cm³/mol. The number of carboxylic acid groups (broad SMARTS) is 1. The average molecular weight is 181 g/mol. The molecule has 3 heteroatoms. The third-order valence-electron chi connectivity index (χ3n) is 4.61. The third kappa shape index (κ3) is 0.779. The predicted octanol–water partition coefficient (Wildman–Crippen LogP) is 1.93. The van der Waals surface area contributed by atoms with Crippen molar-refractivity contribution in [2.24, 2.45) is 10.8 Å². The lowest BCUT2D eigenvalue weighted by Crippen LogP contribution is -2.29. The number of likely N-dealkylation sites (tertiary alicyclic amines) is 1. The highest BCUT2D eigenvalue weighted by Gasteiger charge is 2.70. The fourth-order valence-corrected chi connectivity index (χ4v) is 3.53. The van der Waals surface area contributed by atoms with Crippen LogP contribution < -0.4 is 0 Å². The van der Waals surface area contributed by atoms with Crippen LogP contribution in [0.1, 0.15) is 32.1 Å². The van der Waals surface area contributed by atoms with Crippen LogP contribution in [0.2, 0.25) is 0 Å². The van der Waals surface area contributed by atoms with Crippen LogP contribution in [-0.4, -0.2) is 29.2 Å². The van der Waals surface area contributed by atoms with E-state index < -0.39 is 6.09 Å². The second-order valence-corrected chi connectivity index (χ2v) is 5.05. The number of hydrogen-bond donors (Lipinski definition) is 1. The van der Waals surface area contributed by atoms with Gasteiger partial charge in [0.1, 0.15) is 0 Å². The Morgan fingerprint density at radius 2 is 2.00 bits per heavy atom. The standard InChI is InChI=1S/C10H15NO2/c12-8(13)11-5-4-10(7-11)6-9(10)2-1-3-9/h1-7H2,(H,12,13). The highest BCUT2D eigenvalue weighted by atomic mass is 16.4. The van der Waals surface area contributed by atoms with Crippen molar-refractivity contribution in [1.82, 2.24) is 4.90 Å². The number of rotatable bonds is 0. The quantitative estimate of drug-likeness (QED) is 0.620. The van der Waals surface area contributed by atoms with Crippen molar-refractivity contribution in [3.63, 3.8) is 0 Å². The topological polar surface area (TPSA) is 40.5 Å². The fourth-order valence-electron chi connectivity index (χ4n) is 3.53. The van der Waals surface area contributed by atoms with E-state index in [0.717, 1.165) is 19.5 Å². The average Bonchev–Trinajstić information content (AvgIpc) is 2.44. The van der Waals surface area contributed by atoms with Crippen molar-refractivity contribution in [2.75, 3.05) is 13.1 Å². The maximum Gasteiger partial charge on any atom is 0.407 e. The Morgan fingerprint density at radius 1 is 1.23 bits per heavy atom. The molecule has 1 atom stereocenters. The molecule has 3 nitrogen and oxygen atoms in total. The van der Waals surface area contributed by atoms with E-state index in [9.17, 15) is 4.79 Å². The second kappa shape index (κ2) is 2.02. The van der Waals surface area contributed by atoms with Gasteiger partial charge in [-0.25, -0.2) is 4.79 Å². The molecular weight excluding hydrogens is 166 g/mol. The zero-order valence-corrected chi connectivity index (χ0v) is 7.75. The Balaban J connectivity index is 1.73. The molecule has 0 aromatic rings. The van der Waals surface area contributed by atoms with E-state index in [-0.39, 0.29) is 0 Å². The van der Waals surface area contributed by atoms with Gasteiger partial charge in [-0.3, -0.25) is 0 Å². The molecule has 2 aliphatic carbocycles. The molecule has 3 rings (SSSR count). The largest absolute Gasteiger partial charge is 0.465 e. The third-order valence-corrected chi connectivity index (χ3v) is 4.61. The molecule has 2 spiro atoms.